The van der Waals surface area contributed by atoms with E-state index in [1.54, 1.807) is 7.11 Å². The quantitative estimate of drug-likeness (QED) is 0.371. The first-order valence-corrected chi connectivity index (χ1v) is 13.4. The molecule has 2 saturated heterocycles. The Morgan fingerprint density at radius 1 is 1.00 bits per heavy atom. The third-order valence-electron chi connectivity index (χ3n) is 7.92. The Morgan fingerprint density at radius 3 is 2.69 bits per heavy atom. The van der Waals surface area contributed by atoms with Gasteiger partial charge in [-0.1, -0.05) is 23.7 Å². The first-order valence-electron chi connectivity index (χ1n) is 13.0. The number of hydrogen-bond donors (Lipinski definition) is 0. The second-order valence-electron chi connectivity index (χ2n) is 9.93. The first kappa shape index (κ1) is 24.9. The van der Waals surface area contributed by atoms with Gasteiger partial charge in [-0.2, -0.15) is 0 Å². The van der Waals surface area contributed by atoms with Crippen LogP contribution in [0.5, 0.6) is 11.5 Å². The van der Waals surface area contributed by atoms with E-state index in [0.717, 1.165) is 43.2 Å². The van der Waals surface area contributed by atoms with Gasteiger partial charge in [-0.25, -0.2) is 0 Å². The second kappa shape index (κ2) is 11.1. The van der Waals surface area contributed by atoms with Crippen LogP contribution in [-0.4, -0.2) is 49.3 Å². The van der Waals surface area contributed by atoms with Crippen LogP contribution in [0.4, 0.5) is 5.69 Å². The van der Waals surface area contributed by atoms with Crippen LogP contribution in [0.2, 0.25) is 5.02 Å². The minimum absolute atomic E-state index is 0.465. The van der Waals surface area contributed by atoms with E-state index >= 15 is 0 Å². The fourth-order valence-corrected chi connectivity index (χ4v) is 6.00. The molecule has 3 aromatic rings. The lowest BCUT2D eigenvalue weighted by Crippen LogP contribution is -2.56. The zero-order valence-electron chi connectivity index (χ0n) is 21.5. The molecule has 3 heterocycles. The summed E-state index contributed by atoms with van der Waals surface area (Å²) in [5.41, 5.74) is 6.32. The lowest BCUT2D eigenvalue weighted by atomic mass is 9.86. The molecule has 0 N–H and O–H groups in total. The van der Waals surface area contributed by atoms with Gasteiger partial charge in [0.2, 0.25) is 0 Å². The summed E-state index contributed by atoms with van der Waals surface area (Å²) >= 11 is 6.26. The highest BCUT2D eigenvalue weighted by Gasteiger charge is 2.36. The number of benzene rings is 2. The molecule has 6 heteroatoms. The minimum atomic E-state index is 0.465. The standard InChI is InChI=1S/C30H36ClN3O2/c1-21-22(2)29(36-18-14-23-7-4-5-15-32-23)13-11-26(21)28-9-6-8-25-20-33(16-17-34(25)28)24-10-12-27(31)30(19-24)35-3/h4-5,7,10-13,15,19,25,28H,6,8-9,14,16-18,20H2,1-3H3/t25-,28+/m0/s1. The van der Waals surface area contributed by atoms with Gasteiger partial charge in [-0.3, -0.25) is 9.88 Å². The van der Waals surface area contributed by atoms with Crippen LogP contribution in [0, 0.1) is 13.8 Å². The van der Waals surface area contributed by atoms with Gasteiger partial charge in [-0.15, -0.1) is 0 Å². The molecule has 0 radical (unpaired) electrons. The van der Waals surface area contributed by atoms with Crippen molar-refractivity contribution in [2.75, 3.05) is 38.3 Å². The third kappa shape index (κ3) is 5.18. The summed E-state index contributed by atoms with van der Waals surface area (Å²) in [5.74, 6) is 1.73. The molecule has 190 valence electrons. The average molecular weight is 506 g/mol. The van der Waals surface area contributed by atoms with Gasteiger partial charge in [0.05, 0.1) is 18.7 Å². The maximum Gasteiger partial charge on any atom is 0.139 e. The van der Waals surface area contributed by atoms with Gasteiger partial charge in [-0.05, 0) is 80.1 Å². The normalized spacial score (nSPS) is 20.2. The Morgan fingerprint density at radius 2 is 1.89 bits per heavy atom. The van der Waals surface area contributed by atoms with Crippen LogP contribution in [-0.2, 0) is 6.42 Å². The molecular weight excluding hydrogens is 470 g/mol. The Bertz CT molecular complexity index is 1190. The number of nitrogens with zero attached hydrogens (tertiary/aromatic N) is 3. The molecule has 5 nitrogen and oxygen atoms in total. The van der Waals surface area contributed by atoms with Gasteiger partial charge >= 0.3 is 0 Å². The number of rotatable bonds is 7. The SMILES string of the molecule is COc1cc(N2CCN3[C@@H](CCC[C@@H]3c3ccc(OCCc4ccccn4)c(C)c3C)C2)ccc1Cl. The lowest BCUT2D eigenvalue weighted by Gasteiger charge is -2.49. The average Bonchev–Trinajstić information content (AvgIpc) is 2.91. The van der Waals surface area contributed by atoms with Crippen LogP contribution >= 0.6 is 11.6 Å². The van der Waals surface area contributed by atoms with Crippen LogP contribution in [0.3, 0.4) is 0 Å². The monoisotopic (exact) mass is 505 g/mol. The summed E-state index contributed by atoms with van der Waals surface area (Å²) in [6, 6.07) is 17.6. The predicted octanol–water partition coefficient (Wildman–Crippen LogP) is 6.40. The van der Waals surface area contributed by atoms with E-state index in [-0.39, 0.29) is 0 Å². The van der Waals surface area contributed by atoms with Crippen molar-refractivity contribution in [1.29, 1.82) is 0 Å². The van der Waals surface area contributed by atoms with Crippen molar-refractivity contribution in [3.8, 4) is 11.5 Å². The molecule has 0 spiro atoms. The zero-order valence-corrected chi connectivity index (χ0v) is 22.3. The first-order chi connectivity index (χ1) is 17.5. The molecule has 0 bridgehead atoms. The van der Waals surface area contributed by atoms with E-state index in [4.69, 9.17) is 21.1 Å². The molecule has 0 amide bonds. The van der Waals surface area contributed by atoms with Crippen molar-refractivity contribution in [3.05, 3.63) is 82.1 Å². The molecule has 5 rings (SSSR count). The van der Waals surface area contributed by atoms with Gasteiger partial charge in [0.25, 0.3) is 0 Å². The predicted molar refractivity (Wildman–Crippen MR) is 147 cm³/mol. The summed E-state index contributed by atoms with van der Waals surface area (Å²) < 4.78 is 11.6. The highest BCUT2D eigenvalue weighted by atomic mass is 35.5. The van der Waals surface area contributed by atoms with Crippen LogP contribution in [0.25, 0.3) is 0 Å². The van der Waals surface area contributed by atoms with E-state index in [1.165, 1.54) is 41.6 Å². The number of methoxy groups -OCH3 is 1. The summed E-state index contributed by atoms with van der Waals surface area (Å²) in [7, 11) is 1.68. The Labute approximate surface area is 220 Å². The smallest absolute Gasteiger partial charge is 0.139 e. The number of ether oxygens (including phenoxy) is 2. The number of aromatic nitrogens is 1. The molecular formula is C30H36ClN3O2. The van der Waals surface area contributed by atoms with E-state index in [0.29, 0.717) is 23.7 Å². The Balaban J connectivity index is 1.27. The number of halogens is 1. The van der Waals surface area contributed by atoms with Gasteiger partial charge < -0.3 is 14.4 Å². The summed E-state index contributed by atoms with van der Waals surface area (Å²) in [6.07, 6.45) is 6.36. The number of anilines is 1. The Hall–Kier alpha value is -2.76. The number of piperidine rings is 1. The maximum atomic E-state index is 6.26. The highest BCUT2D eigenvalue weighted by molar-refractivity contribution is 6.32. The van der Waals surface area contributed by atoms with Crippen molar-refractivity contribution in [2.24, 2.45) is 0 Å². The second-order valence-corrected chi connectivity index (χ2v) is 10.3. The Kier molecular flexibility index (Phi) is 7.68. The van der Waals surface area contributed by atoms with E-state index in [1.807, 2.05) is 30.5 Å². The molecule has 2 aromatic carbocycles. The largest absolute Gasteiger partial charge is 0.495 e. The molecule has 2 fully saturated rings. The van der Waals surface area contributed by atoms with Crippen molar-refractivity contribution >= 4 is 17.3 Å². The highest BCUT2D eigenvalue weighted by Crippen LogP contribution is 2.40. The fourth-order valence-electron chi connectivity index (χ4n) is 5.81. The third-order valence-corrected chi connectivity index (χ3v) is 8.24. The zero-order chi connectivity index (χ0) is 25.1. The summed E-state index contributed by atoms with van der Waals surface area (Å²) in [4.78, 5) is 9.63. The van der Waals surface area contributed by atoms with Crippen molar-refractivity contribution in [2.45, 2.75) is 51.6 Å². The minimum Gasteiger partial charge on any atom is -0.495 e. The molecule has 2 aliphatic rings. The van der Waals surface area contributed by atoms with Crippen LogP contribution in [0.15, 0.2) is 54.7 Å². The van der Waals surface area contributed by atoms with Crippen molar-refractivity contribution in [1.82, 2.24) is 9.88 Å². The molecule has 1 aromatic heterocycles. The van der Waals surface area contributed by atoms with Gasteiger partial charge in [0, 0.05) is 61.8 Å². The molecule has 36 heavy (non-hydrogen) atoms. The molecule has 0 aliphatic carbocycles. The molecule has 0 saturated carbocycles. The topological polar surface area (TPSA) is 37.8 Å². The summed E-state index contributed by atoms with van der Waals surface area (Å²) in [5, 5.41) is 0.660. The van der Waals surface area contributed by atoms with E-state index in [9.17, 15) is 0 Å². The van der Waals surface area contributed by atoms with Crippen molar-refractivity contribution in [3.63, 3.8) is 0 Å². The number of hydrogen-bond acceptors (Lipinski definition) is 5. The van der Waals surface area contributed by atoms with Gasteiger partial charge in [0.1, 0.15) is 11.5 Å². The van der Waals surface area contributed by atoms with E-state index < -0.39 is 0 Å². The number of fused-ring (bicyclic) bond motifs is 1. The lowest BCUT2D eigenvalue weighted by molar-refractivity contribution is 0.0712. The number of piperazine rings is 1. The summed E-state index contributed by atoms with van der Waals surface area (Å²) in [6.45, 7) is 8.19. The fraction of sp³-hybridized carbons (Fsp3) is 0.433. The van der Waals surface area contributed by atoms with E-state index in [2.05, 4.69) is 52.9 Å². The molecule has 0 unspecified atom stereocenters. The van der Waals surface area contributed by atoms with Crippen LogP contribution in [0.1, 0.15) is 47.7 Å². The van der Waals surface area contributed by atoms with Crippen LogP contribution < -0.4 is 14.4 Å². The maximum absolute atomic E-state index is 6.26. The van der Waals surface area contributed by atoms with Gasteiger partial charge in [0.15, 0.2) is 0 Å². The van der Waals surface area contributed by atoms with Crippen molar-refractivity contribution < 1.29 is 9.47 Å². The number of pyridine rings is 1. The molecule has 2 atom stereocenters. The molecule has 2 aliphatic heterocycles.